The molecule has 2 N–H and O–H groups in total. The Balaban J connectivity index is 1.46. The molecule has 3 aromatic rings. The fourth-order valence-corrected chi connectivity index (χ4v) is 2.55. The Kier molecular flexibility index (Phi) is 6.89. The summed E-state index contributed by atoms with van der Waals surface area (Å²) in [5, 5.41) is 6.75. The number of aryl methyl sites for hydroxylation is 2. The number of aromatic nitrogens is 1. The molecule has 3 rings (SSSR count). The van der Waals surface area contributed by atoms with Gasteiger partial charge in [-0.2, -0.15) is 5.10 Å². The van der Waals surface area contributed by atoms with Crippen molar-refractivity contribution in [3.8, 4) is 5.75 Å². The van der Waals surface area contributed by atoms with Gasteiger partial charge in [0.15, 0.2) is 6.61 Å². The molecule has 152 valence electrons. The molecule has 0 spiro atoms. The van der Waals surface area contributed by atoms with Crippen LogP contribution in [-0.4, -0.2) is 29.6 Å². The lowest BCUT2D eigenvalue weighted by Crippen LogP contribution is -2.20. The predicted molar refractivity (Wildman–Crippen MR) is 116 cm³/mol. The average Bonchev–Trinajstić information content (AvgIpc) is 2.76. The lowest BCUT2D eigenvalue weighted by atomic mass is 10.1. The van der Waals surface area contributed by atoms with E-state index in [2.05, 4.69) is 20.8 Å². The van der Waals surface area contributed by atoms with Crippen LogP contribution in [-0.2, 0) is 4.79 Å². The van der Waals surface area contributed by atoms with Gasteiger partial charge in [-0.15, -0.1) is 0 Å². The van der Waals surface area contributed by atoms with E-state index in [1.165, 1.54) is 11.8 Å². The van der Waals surface area contributed by atoms with E-state index in [1.54, 1.807) is 48.8 Å². The van der Waals surface area contributed by atoms with Crippen molar-refractivity contribution in [2.45, 2.75) is 13.8 Å². The number of ether oxygens (including phenoxy) is 1. The maximum Gasteiger partial charge on any atom is 0.271 e. The summed E-state index contributed by atoms with van der Waals surface area (Å²) < 4.78 is 5.52. The topological polar surface area (TPSA) is 92.7 Å². The first-order valence-corrected chi connectivity index (χ1v) is 9.34. The minimum Gasteiger partial charge on any atom is -0.484 e. The third-order valence-corrected chi connectivity index (χ3v) is 4.36. The Morgan fingerprint density at radius 3 is 2.43 bits per heavy atom. The third kappa shape index (κ3) is 6.00. The fourth-order valence-electron chi connectivity index (χ4n) is 2.55. The normalized spacial score (nSPS) is 10.6. The Morgan fingerprint density at radius 1 is 1.00 bits per heavy atom. The van der Waals surface area contributed by atoms with Gasteiger partial charge in [0, 0.05) is 23.6 Å². The van der Waals surface area contributed by atoms with Gasteiger partial charge in [0.1, 0.15) is 5.75 Å². The molecule has 0 unspecified atom stereocenters. The fraction of sp³-hybridized carbons (Fsp3) is 0.130. The van der Waals surface area contributed by atoms with E-state index < -0.39 is 0 Å². The highest BCUT2D eigenvalue weighted by Gasteiger charge is 2.05. The highest BCUT2D eigenvalue weighted by Crippen LogP contribution is 2.15. The molecule has 30 heavy (non-hydrogen) atoms. The van der Waals surface area contributed by atoms with Crippen molar-refractivity contribution in [2.24, 2.45) is 5.10 Å². The summed E-state index contributed by atoms with van der Waals surface area (Å²) in [6, 6.07) is 16.0. The molecule has 0 aliphatic rings. The number of carbonyl (C=O) groups excluding carboxylic acids is 2. The number of carbonyl (C=O) groups is 2. The summed E-state index contributed by atoms with van der Waals surface area (Å²) in [6.45, 7) is 3.92. The second-order valence-corrected chi connectivity index (χ2v) is 6.64. The van der Waals surface area contributed by atoms with E-state index in [1.807, 2.05) is 32.0 Å². The summed E-state index contributed by atoms with van der Waals surface area (Å²) in [5.74, 6) is 0.00862. The molecule has 0 aliphatic carbocycles. The molecule has 0 radical (unpaired) electrons. The number of hydrogen-bond acceptors (Lipinski definition) is 5. The Hall–Kier alpha value is -4.00. The molecule has 0 bridgehead atoms. The number of nitrogens with zero attached hydrogens (tertiary/aromatic N) is 2. The molecule has 0 atom stereocenters. The maximum absolute atomic E-state index is 12.1. The number of benzene rings is 2. The average molecular weight is 402 g/mol. The Morgan fingerprint density at radius 2 is 1.73 bits per heavy atom. The summed E-state index contributed by atoms with van der Waals surface area (Å²) in [6.07, 6.45) is 4.61. The summed E-state index contributed by atoms with van der Waals surface area (Å²) in [7, 11) is 0. The lowest BCUT2D eigenvalue weighted by molar-refractivity contribution is -0.118. The standard InChI is InChI=1S/C23H22N4O3/c1-16-3-6-20(13-17(16)2)26-22(28)15-30-21-7-4-18(5-8-21)14-25-27-23(29)19-9-11-24-12-10-19/h3-14H,15H2,1-2H3,(H,26,28)(H,27,29)/b25-14+. The van der Waals surface area contributed by atoms with Crippen molar-refractivity contribution >= 4 is 23.7 Å². The van der Waals surface area contributed by atoms with Crippen LogP contribution in [0.25, 0.3) is 0 Å². The van der Waals surface area contributed by atoms with Crippen LogP contribution in [0.1, 0.15) is 27.0 Å². The minimum atomic E-state index is -0.316. The number of pyridine rings is 1. The first-order chi connectivity index (χ1) is 14.5. The zero-order chi connectivity index (χ0) is 21.3. The maximum atomic E-state index is 12.1. The first kappa shape index (κ1) is 20.7. The van der Waals surface area contributed by atoms with Crippen LogP contribution >= 0.6 is 0 Å². The van der Waals surface area contributed by atoms with Crippen LogP contribution in [0.2, 0.25) is 0 Å². The molecule has 2 aromatic carbocycles. The molecule has 7 heteroatoms. The van der Waals surface area contributed by atoms with Crippen LogP contribution < -0.4 is 15.5 Å². The van der Waals surface area contributed by atoms with Gasteiger partial charge in [0.05, 0.1) is 6.21 Å². The van der Waals surface area contributed by atoms with Crippen molar-refractivity contribution in [2.75, 3.05) is 11.9 Å². The number of nitrogens with one attached hydrogen (secondary N) is 2. The third-order valence-electron chi connectivity index (χ3n) is 4.36. The number of amides is 2. The largest absolute Gasteiger partial charge is 0.484 e. The van der Waals surface area contributed by atoms with Crippen molar-refractivity contribution in [1.82, 2.24) is 10.4 Å². The Labute approximate surface area is 174 Å². The zero-order valence-electron chi connectivity index (χ0n) is 16.8. The molecule has 0 saturated carbocycles. The summed E-state index contributed by atoms with van der Waals surface area (Å²) in [4.78, 5) is 27.8. The molecule has 1 aromatic heterocycles. The van der Waals surface area contributed by atoms with Gasteiger partial charge in [-0.3, -0.25) is 14.6 Å². The number of hydrogen-bond donors (Lipinski definition) is 2. The predicted octanol–water partition coefficient (Wildman–Crippen LogP) is 3.48. The van der Waals surface area contributed by atoms with Crippen LogP contribution in [0.5, 0.6) is 5.75 Å². The van der Waals surface area contributed by atoms with Crippen molar-refractivity contribution in [3.63, 3.8) is 0 Å². The molecule has 7 nitrogen and oxygen atoms in total. The molecule has 2 amide bonds. The van der Waals surface area contributed by atoms with Crippen LogP contribution in [0, 0.1) is 13.8 Å². The monoisotopic (exact) mass is 402 g/mol. The van der Waals surface area contributed by atoms with Gasteiger partial charge in [0.25, 0.3) is 11.8 Å². The van der Waals surface area contributed by atoms with E-state index in [4.69, 9.17) is 4.74 Å². The molecule has 0 fully saturated rings. The smallest absolute Gasteiger partial charge is 0.271 e. The van der Waals surface area contributed by atoms with Gasteiger partial charge in [0.2, 0.25) is 0 Å². The molecule has 1 heterocycles. The van der Waals surface area contributed by atoms with Crippen molar-refractivity contribution in [3.05, 3.63) is 89.2 Å². The molecule has 0 saturated heterocycles. The number of anilines is 1. The Bertz CT molecular complexity index is 1050. The second-order valence-electron chi connectivity index (χ2n) is 6.64. The van der Waals surface area contributed by atoms with E-state index in [0.717, 1.165) is 16.8 Å². The van der Waals surface area contributed by atoms with Crippen molar-refractivity contribution < 1.29 is 14.3 Å². The van der Waals surface area contributed by atoms with Gasteiger partial charge in [-0.05, 0) is 79.1 Å². The number of hydrazone groups is 1. The van der Waals surface area contributed by atoms with E-state index in [9.17, 15) is 9.59 Å². The summed E-state index contributed by atoms with van der Waals surface area (Å²) >= 11 is 0. The van der Waals surface area contributed by atoms with E-state index in [0.29, 0.717) is 11.3 Å². The van der Waals surface area contributed by atoms with Gasteiger partial charge in [-0.25, -0.2) is 5.43 Å². The van der Waals surface area contributed by atoms with Crippen LogP contribution in [0.4, 0.5) is 5.69 Å². The molecular weight excluding hydrogens is 380 g/mol. The zero-order valence-corrected chi connectivity index (χ0v) is 16.8. The molecular formula is C23H22N4O3. The minimum absolute atomic E-state index is 0.0949. The first-order valence-electron chi connectivity index (χ1n) is 9.34. The highest BCUT2D eigenvalue weighted by atomic mass is 16.5. The van der Waals surface area contributed by atoms with Gasteiger partial charge >= 0.3 is 0 Å². The van der Waals surface area contributed by atoms with Crippen LogP contribution in [0.3, 0.4) is 0 Å². The quantitative estimate of drug-likeness (QED) is 0.467. The van der Waals surface area contributed by atoms with Crippen LogP contribution in [0.15, 0.2) is 72.1 Å². The lowest BCUT2D eigenvalue weighted by Gasteiger charge is -2.09. The molecule has 0 aliphatic heterocycles. The number of rotatable bonds is 7. The van der Waals surface area contributed by atoms with Crippen molar-refractivity contribution in [1.29, 1.82) is 0 Å². The highest BCUT2D eigenvalue weighted by molar-refractivity contribution is 5.94. The van der Waals surface area contributed by atoms with Gasteiger partial charge < -0.3 is 10.1 Å². The second kappa shape index (κ2) is 9.97. The SMILES string of the molecule is Cc1ccc(NC(=O)COc2ccc(/C=N/NC(=O)c3ccncc3)cc2)cc1C. The van der Waals surface area contributed by atoms with Gasteiger partial charge in [-0.1, -0.05) is 6.07 Å². The van der Waals surface area contributed by atoms with E-state index in [-0.39, 0.29) is 18.4 Å². The summed E-state index contributed by atoms with van der Waals surface area (Å²) in [5.41, 5.74) is 6.73. The van der Waals surface area contributed by atoms with E-state index >= 15 is 0 Å².